The highest BCUT2D eigenvalue weighted by Crippen LogP contribution is 2.22. The zero-order valence-corrected chi connectivity index (χ0v) is 13.4. The molecule has 1 aromatic rings. The molecule has 0 spiro atoms. The number of hydrogen-bond donors (Lipinski definition) is 1. The number of esters is 1. The molecule has 6 heteroatoms. The molecule has 0 fully saturated rings. The molecule has 124 valence electrons. The van der Waals surface area contributed by atoms with Crippen molar-refractivity contribution in [2.75, 3.05) is 14.2 Å². The van der Waals surface area contributed by atoms with E-state index in [9.17, 15) is 9.59 Å². The summed E-state index contributed by atoms with van der Waals surface area (Å²) in [5, 5.41) is 2.90. The van der Waals surface area contributed by atoms with E-state index >= 15 is 0 Å². The first-order valence-corrected chi connectivity index (χ1v) is 7.34. The molecular formula is C17H21NO5. The number of amides is 1. The maximum Gasteiger partial charge on any atom is 0.303 e. The molecule has 0 bridgehead atoms. The summed E-state index contributed by atoms with van der Waals surface area (Å²) in [7, 11) is 3.05. The van der Waals surface area contributed by atoms with Crippen LogP contribution in [0.4, 0.5) is 0 Å². The minimum Gasteiger partial charge on any atom is -0.455 e. The molecule has 0 heterocycles. The summed E-state index contributed by atoms with van der Waals surface area (Å²) < 4.78 is 16.1. The molecule has 23 heavy (non-hydrogen) atoms. The fraction of sp³-hybridized carbons (Fsp3) is 0.412. The van der Waals surface area contributed by atoms with Crippen molar-refractivity contribution in [3.8, 4) is 0 Å². The second kappa shape index (κ2) is 7.89. The van der Waals surface area contributed by atoms with E-state index in [2.05, 4.69) is 5.32 Å². The van der Waals surface area contributed by atoms with Crippen LogP contribution in [0.1, 0.15) is 17.3 Å². The molecule has 4 unspecified atom stereocenters. The molecule has 0 radical (unpaired) electrons. The van der Waals surface area contributed by atoms with Crippen LogP contribution in [0.25, 0.3) is 0 Å². The second-order valence-electron chi connectivity index (χ2n) is 5.22. The SMILES string of the molecule is COC1C(NC(=O)c2ccccc2)C=CC(OC(C)=O)C1OC. The Bertz CT molecular complexity index is 572. The van der Waals surface area contributed by atoms with Crippen LogP contribution < -0.4 is 5.32 Å². The average molecular weight is 319 g/mol. The van der Waals surface area contributed by atoms with Crippen LogP contribution in [-0.2, 0) is 19.0 Å². The third-order valence-electron chi connectivity index (χ3n) is 3.69. The molecule has 1 N–H and O–H groups in total. The predicted molar refractivity (Wildman–Crippen MR) is 84.0 cm³/mol. The Morgan fingerprint density at radius 1 is 1.00 bits per heavy atom. The largest absolute Gasteiger partial charge is 0.455 e. The minimum absolute atomic E-state index is 0.205. The lowest BCUT2D eigenvalue weighted by atomic mass is 9.93. The molecule has 2 rings (SSSR count). The summed E-state index contributed by atoms with van der Waals surface area (Å²) in [6.45, 7) is 1.34. The quantitative estimate of drug-likeness (QED) is 0.654. The van der Waals surface area contributed by atoms with Gasteiger partial charge in [-0.05, 0) is 18.2 Å². The monoisotopic (exact) mass is 319 g/mol. The van der Waals surface area contributed by atoms with E-state index in [-0.39, 0.29) is 11.9 Å². The first kappa shape index (κ1) is 17.2. The van der Waals surface area contributed by atoms with Gasteiger partial charge in [0.15, 0.2) is 0 Å². The number of carbonyl (C=O) groups excluding carboxylic acids is 2. The van der Waals surface area contributed by atoms with Gasteiger partial charge in [0, 0.05) is 26.7 Å². The van der Waals surface area contributed by atoms with Gasteiger partial charge in [0.05, 0.1) is 6.04 Å². The molecular weight excluding hydrogens is 298 g/mol. The molecule has 6 nitrogen and oxygen atoms in total. The normalized spacial score (nSPS) is 26.6. The first-order chi connectivity index (χ1) is 11.1. The van der Waals surface area contributed by atoms with Crippen molar-refractivity contribution >= 4 is 11.9 Å². The third-order valence-corrected chi connectivity index (χ3v) is 3.69. The van der Waals surface area contributed by atoms with E-state index in [4.69, 9.17) is 14.2 Å². The van der Waals surface area contributed by atoms with Gasteiger partial charge in [-0.15, -0.1) is 0 Å². The van der Waals surface area contributed by atoms with Crippen molar-refractivity contribution in [1.82, 2.24) is 5.32 Å². The molecule has 1 aromatic carbocycles. The molecule has 0 saturated heterocycles. The van der Waals surface area contributed by atoms with E-state index in [1.807, 2.05) is 6.07 Å². The van der Waals surface area contributed by atoms with Crippen LogP contribution in [-0.4, -0.2) is 50.4 Å². The molecule has 4 atom stereocenters. The van der Waals surface area contributed by atoms with Crippen molar-refractivity contribution in [2.45, 2.75) is 31.3 Å². The maximum atomic E-state index is 12.3. The van der Waals surface area contributed by atoms with Gasteiger partial charge in [0.2, 0.25) is 0 Å². The Labute approximate surface area is 135 Å². The van der Waals surface area contributed by atoms with Gasteiger partial charge in [0.1, 0.15) is 18.3 Å². The molecule has 0 aliphatic heterocycles. The van der Waals surface area contributed by atoms with Crippen molar-refractivity contribution in [3.05, 3.63) is 48.0 Å². The molecule has 1 aliphatic rings. The van der Waals surface area contributed by atoms with E-state index in [0.29, 0.717) is 5.56 Å². The van der Waals surface area contributed by atoms with Crippen LogP contribution in [0, 0.1) is 0 Å². The Balaban J connectivity index is 2.15. The van der Waals surface area contributed by atoms with Gasteiger partial charge in [-0.25, -0.2) is 0 Å². The van der Waals surface area contributed by atoms with Crippen molar-refractivity contribution < 1.29 is 23.8 Å². The Hall–Kier alpha value is -2.18. The predicted octanol–water partition coefficient (Wildman–Crippen LogP) is 1.32. The van der Waals surface area contributed by atoms with Crippen LogP contribution in [0.2, 0.25) is 0 Å². The summed E-state index contributed by atoms with van der Waals surface area (Å²) in [6, 6.07) is 8.53. The zero-order valence-electron chi connectivity index (χ0n) is 13.4. The fourth-order valence-corrected chi connectivity index (χ4v) is 2.64. The van der Waals surface area contributed by atoms with Crippen LogP contribution >= 0.6 is 0 Å². The fourth-order valence-electron chi connectivity index (χ4n) is 2.64. The van der Waals surface area contributed by atoms with E-state index in [1.165, 1.54) is 21.1 Å². The lowest BCUT2D eigenvalue weighted by Gasteiger charge is -2.37. The summed E-state index contributed by atoms with van der Waals surface area (Å²) in [5.74, 6) is -0.605. The van der Waals surface area contributed by atoms with Crippen LogP contribution in [0.5, 0.6) is 0 Å². The lowest BCUT2D eigenvalue weighted by Crippen LogP contribution is -2.55. The highest BCUT2D eigenvalue weighted by molar-refractivity contribution is 5.94. The second-order valence-corrected chi connectivity index (χ2v) is 5.22. The van der Waals surface area contributed by atoms with Crippen molar-refractivity contribution in [1.29, 1.82) is 0 Å². The van der Waals surface area contributed by atoms with Crippen LogP contribution in [0.15, 0.2) is 42.5 Å². The van der Waals surface area contributed by atoms with Gasteiger partial charge < -0.3 is 19.5 Å². The van der Waals surface area contributed by atoms with Crippen molar-refractivity contribution in [3.63, 3.8) is 0 Å². The Kier molecular flexibility index (Phi) is 5.90. The van der Waals surface area contributed by atoms with E-state index < -0.39 is 24.3 Å². The van der Waals surface area contributed by atoms with Gasteiger partial charge in [0.25, 0.3) is 5.91 Å². The van der Waals surface area contributed by atoms with Crippen LogP contribution in [0.3, 0.4) is 0 Å². The number of ether oxygens (including phenoxy) is 3. The molecule has 1 amide bonds. The van der Waals surface area contributed by atoms with Gasteiger partial charge in [-0.2, -0.15) is 0 Å². The summed E-state index contributed by atoms with van der Waals surface area (Å²) >= 11 is 0. The van der Waals surface area contributed by atoms with Gasteiger partial charge in [-0.3, -0.25) is 9.59 Å². The zero-order chi connectivity index (χ0) is 16.8. The maximum absolute atomic E-state index is 12.3. The number of benzene rings is 1. The smallest absolute Gasteiger partial charge is 0.303 e. The molecule has 1 aliphatic carbocycles. The average Bonchev–Trinajstić information content (AvgIpc) is 2.55. The number of nitrogens with one attached hydrogen (secondary N) is 1. The molecule has 0 aromatic heterocycles. The highest BCUT2D eigenvalue weighted by Gasteiger charge is 2.39. The summed E-state index contributed by atoms with van der Waals surface area (Å²) in [6.07, 6.45) is 1.95. The third kappa shape index (κ3) is 4.18. The lowest BCUT2D eigenvalue weighted by molar-refractivity contribution is -0.158. The minimum atomic E-state index is -0.549. The number of methoxy groups -OCH3 is 2. The van der Waals surface area contributed by atoms with Crippen molar-refractivity contribution in [2.24, 2.45) is 0 Å². The Morgan fingerprint density at radius 3 is 2.22 bits per heavy atom. The standard InChI is InChI=1S/C17H21NO5/c1-11(19)23-14-10-9-13(15(21-2)16(14)22-3)18-17(20)12-7-5-4-6-8-12/h4-10,13-16H,1-3H3,(H,18,20). The van der Waals surface area contributed by atoms with Gasteiger partial charge >= 0.3 is 5.97 Å². The summed E-state index contributed by atoms with van der Waals surface area (Å²) in [4.78, 5) is 23.5. The van der Waals surface area contributed by atoms with Gasteiger partial charge in [-0.1, -0.05) is 24.3 Å². The highest BCUT2D eigenvalue weighted by atomic mass is 16.6. The van der Waals surface area contributed by atoms with E-state index in [1.54, 1.807) is 36.4 Å². The first-order valence-electron chi connectivity index (χ1n) is 7.34. The summed E-state index contributed by atoms with van der Waals surface area (Å²) in [5.41, 5.74) is 0.562. The molecule has 0 saturated carbocycles. The number of hydrogen-bond acceptors (Lipinski definition) is 5. The van der Waals surface area contributed by atoms with E-state index in [0.717, 1.165) is 0 Å². The Morgan fingerprint density at radius 2 is 1.65 bits per heavy atom. The number of rotatable bonds is 5. The number of carbonyl (C=O) groups is 2. The topological polar surface area (TPSA) is 73.9 Å².